The van der Waals surface area contributed by atoms with Crippen LogP contribution >= 0.6 is 0 Å². The molecule has 20 heavy (non-hydrogen) atoms. The van der Waals surface area contributed by atoms with Crippen molar-refractivity contribution in [2.75, 3.05) is 0 Å². The van der Waals surface area contributed by atoms with E-state index >= 15 is 0 Å². The molecule has 0 aliphatic rings. The summed E-state index contributed by atoms with van der Waals surface area (Å²) in [5.41, 5.74) is -1.45. The van der Waals surface area contributed by atoms with Crippen LogP contribution in [0, 0.1) is 29.1 Å². The number of carbonyl (C=O) groups is 1. The zero-order chi connectivity index (χ0) is 15.7. The minimum absolute atomic E-state index is 0.250. The first-order valence-corrected chi connectivity index (χ1v) is 5.14. The van der Waals surface area contributed by atoms with E-state index in [9.17, 15) is 31.9 Å². The highest BCUT2D eigenvalue weighted by atomic mass is 19.2. The van der Waals surface area contributed by atoms with Crippen LogP contribution in [0.15, 0.2) is 5.10 Å². The molecular formula is C11H9F5N2O2. The Morgan fingerprint density at radius 2 is 1.45 bits per heavy atom. The molecule has 0 saturated carbocycles. The van der Waals surface area contributed by atoms with Crippen molar-refractivity contribution in [3.8, 4) is 0 Å². The Labute approximate surface area is 109 Å². The first-order chi connectivity index (χ1) is 9.07. The molecule has 0 aromatic heterocycles. The molecule has 1 amide bonds. The van der Waals surface area contributed by atoms with Crippen molar-refractivity contribution < 1.29 is 31.9 Å². The van der Waals surface area contributed by atoms with Gasteiger partial charge in [0.1, 0.15) is 5.60 Å². The predicted octanol–water partition coefficient (Wildman–Crippen LogP) is 1.60. The van der Waals surface area contributed by atoms with E-state index in [0.717, 1.165) is 13.8 Å². The van der Waals surface area contributed by atoms with Crippen LogP contribution in [0.1, 0.15) is 19.4 Å². The van der Waals surface area contributed by atoms with Gasteiger partial charge in [-0.3, -0.25) is 4.79 Å². The minimum atomic E-state index is -2.29. The van der Waals surface area contributed by atoms with Gasteiger partial charge >= 0.3 is 0 Å². The van der Waals surface area contributed by atoms with Crippen LogP contribution in [0.4, 0.5) is 22.0 Å². The largest absolute Gasteiger partial charge is 0.381 e. The van der Waals surface area contributed by atoms with E-state index in [2.05, 4.69) is 5.10 Å². The van der Waals surface area contributed by atoms with Gasteiger partial charge in [-0.15, -0.1) is 0 Å². The van der Waals surface area contributed by atoms with Gasteiger partial charge in [-0.1, -0.05) is 0 Å². The number of nitrogens with zero attached hydrogens (tertiary/aromatic N) is 1. The first kappa shape index (κ1) is 16.0. The molecule has 110 valence electrons. The van der Waals surface area contributed by atoms with E-state index in [1.54, 1.807) is 5.43 Å². The second-order valence-corrected chi connectivity index (χ2v) is 4.24. The highest BCUT2D eigenvalue weighted by Crippen LogP contribution is 2.21. The highest BCUT2D eigenvalue weighted by molar-refractivity contribution is 5.86. The van der Waals surface area contributed by atoms with E-state index in [-0.39, 0.29) is 6.21 Å². The van der Waals surface area contributed by atoms with Gasteiger partial charge in [0.05, 0.1) is 11.8 Å². The zero-order valence-corrected chi connectivity index (χ0v) is 10.3. The van der Waals surface area contributed by atoms with E-state index in [4.69, 9.17) is 0 Å². The molecule has 0 saturated heterocycles. The maximum Gasteiger partial charge on any atom is 0.271 e. The van der Waals surface area contributed by atoms with Gasteiger partial charge in [0.25, 0.3) is 5.91 Å². The highest BCUT2D eigenvalue weighted by Gasteiger charge is 2.25. The second kappa shape index (κ2) is 5.53. The maximum atomic E-state index is 13.2. The molecule has 1 aromatic rings. The fraction of sp³-hybridized carbons (Fsp3) is 0.273. The van der Waals surface area contributed by atoms with Crippen molar-refractivity contribution in [1.29, 1.82) is 0 Å². The lowest BCUT2D eigenvalue weighted by atomic mass is 10.1. The van der Waals surface area contributed by atoms with Crippen molar-refractivity contribution in [3.63, 3.8) is 0 Å². The molecular weight excluding hydrogens is 287 g/mol. The molecule has 0 unspecified atom stereocenters. The van der Waals surface area contributed by atoms with Gasteiger partial charge in [-0.25, -0.2) is 27.4 Å². The third kappa shape index (κ3) is 3.10. The Hall–Kier alpha value is -2.03. The third-order valence-corrected chi connectivity index (χ3v) is 2.16. The molecule has 0 spiro atoms. The summed E-state index contributed by atoms with van der Waals surface area (Å²) < 4.78 is 64.8. The quantitative estimate of drug-likeness (QED) is 0.293. The SMILES string of the molecule is CC(C)(O)C(=O)N/N=C/c1c(F)c(F)c(F)c(F)c1F. The number of hydrogen-bond acceptors (Lipinski definition) is 3. The van der Waals surface area contributed by atoms with Crippen LogP contribution in [0.5, 0.6) is 0 Å². The monoisotopic (exact) mass is 296 g/mol. The summed E-state index contributed by atoms with van der Waals surface area (Å²) in [7, 11) is 0. The number of hydrogen-bond donors (Lipinski definition) is 2. The minimum Gasteiger partial charge on any atom is -0.381 e. The average Bonchev–Trinajstić information content (AvgIpc) is 2.36. The molecule has 1 aromatic carbocycles. The molecule has 4 nitrogen and oxygen atoms in total. The molecule has 0 aliphatic heterocycles. The summed E-state index contributed by atoms with van der Waals surface area (Å²) in [6, 6.07) is 0. The number of rotatable bonds is 3. The lowest BCUT2D eigenvalue weighted by Crippen LogP contribution is -2.39. The number of benzene rings is 1. The van der Waals surface area contributed by atoms with Crippen molar-refractivity contribution in [3.05, 3.63) is 34.6 Å². The lowest BCUT2D eigenvalue weighted by molar-refractivity contribution is -0.136. The molecule has 2 N–H and O–H groups in total. The van der Waals surface area contributed by atoms with Crippen LogP contribution < -0.4 is 5.43 Å². The third-order valence-electron chi connectivity index (χ3n) is 2.16. The fourth-order valence-corrected chi connectivity index (χ4v) is 1.03. The van der Waals surface area contributed by atoms with E-state index in [0.29, 0.717) is 0 Å². The summed E-state index contributed by atoms with van der Waals surface area (Å²) in [4.78, 5) is 11.1. The number of nitrogens with one attached hydrogen (secondary N) is 1. The first-order valence-electron chi connectivity index (χ1n) is 5.14. The average molecular weight is 296 g/mol. The Morgan fingerprint density at radius 3 is 1.85 bits per heavy atom. The standard InChI is InChI=1S/C11H9F5N2O2/c1-11(2,20)10(19)18-17-3-4-5(12)7(14)9(16)8(15)6(4)13/h3,20H,1-2H3,(H,18,19)/b17-3+. The van der Waals surface area contributed by atoms with Crippen LogP contribution in [0.3, 0.4) is 0 Å². The van der Waals surface area contributed by atoms with E-state index in [1.807, 2.05) is 0 Å². The van der Waals surface area contributed by atoms with Crippen molar-refractivity contribution >= 4 is 12.1 Å². The van der Waals surface area contributed by atoms with E-state index < -0.39 is 46.2 Å². The Bertz CT molecular complexity index is 552. The molecule has 0 bridgehead atoms. The van der Waals surface area contributed by atoms with E-state index in [1.165, 1.54) is 0 Å². The van der Waals surface area contributed by atoms with Gasteiger partial charge in [0, 0.05) is 0 Å². The van der Waals surface area contributed by atoms with Gasteiger partial charge in [0.2, 0.25) is 5.82 Å². The van der Waals surface area contributed by atoms with Gasteiger partial charge in [-0.05, 0) is 13.8 Å². The molecule has 0 aliphatic carbocycles. The number of aliphatic hydroxyl groups is 1. The molecule has 9 heteroatoms. The molecule has 0 fully saturated rings. The van der Waals surface area contributed by atoms with Crippen LogP contribution in [0.25, 0.3) is 0 Å². The summed E-state index contributed by atoms with van der Waals surface area (Å²) in [6.07, 6.45) is 0.250. The maximum absolute atomic E-state index is 13.2. The second-order valence-electron chi connectivity index (χ2n) is 4.24. The molecule has 0 radical (unpaired) electrons. The van der Waals surface area contributed by atoms with Gasteiger partial charge in [-0.2, -0.15) is 5.10 Å². The Morgan fingerprint density at radius 1 is 1.05 bits per heavy atom. The molecule has 1 rings (SSSR count). The number of halogens is 5. The smallest absolute Gasteiger partial charge is 0.271 e. The number of hydrazone groups is 1. The predicted molar refractivity (Wildman–Crippen MR) is 58.3 cm³/mol. The van der Waals surface area contributed by atoms with Crippen molar-refractivity contribution in [1.82, 2.24) is 5.43 Å². The fourth-order valence-electron chi connectivity index (χ4n) is 1.03. The van der Waals surface area contributed by atoms with Gasteiger partial charge < -0.3 is 5.11 Å². The Balaban J connectivity index is 3.08. The van der Waals surface area contributed by atoms with Crippen LogP contribution in [-0.4, -0.2) is 22.8 Å². The van der Waals surface area contributed by atoms with Gasteiger partial charge in [0.15, 0.2) is 23.3 Å². The van der Waals surface area contributed by atoms with Crippen molar-refractivity contribution in [2.24, 2.45) is 5.10 Å². The molecule has 0 atom stereocenters. The van der Waals surface area contributed by atoms with Crippen molar-refractivity contribution in [2.45, 2.75) is 19.4 Å². The van der Waals surface area contributed by atoms with Crippen LogP contribution in [-0.2, 0) is 4.79 Å². The summed E-state index contributed by atoms with van der Waals surface area (Å²) in [5, 5.41) is 12.2. The molecule has 0 heterocycles. The number of carbonyl (C=O) groups excluding carboxylic acids is 1. The summed E-state index contributed by atoms with van der Waals surface area (Å²) >= 11 is 0. The normalized spacial score (nSPS) is 12.0. The topological polar surface area (TPSA) is 61.7 Å². The Kier molecular flexibility index (Phi) is 4.43. The zero-order valence-electron chi connectivity index (χ0n) is 10.3. The summed E-state index contributed by atoms with van der Waals surface area (Å²) in [6.45, 7) is 2.21. The summed E-state index contributed by atoms with van der Waals surface area (Å²) in [5.74, 6) is -11.7. The van der Waals surface area contributed by atoms with Crippen LogP contribution in [0.2, 0.25) is 0 Å². The number of amides is 1. The lowest BCUT2D eigenvalue weighted by Gasteiger charge is -2.13.